The van der Waals surface area contributed by atoms with Crippen molar-refractivity contribution < 1.29 is 9.47 Å². The van der Waals surface area contributed by atoms with Crippen molar-refractivity contribution in [1.29, 1.82) is 0 Å². The van der Waals surface area contributed by atoms with Gasteiger partial charge in [0.05, 0.1) is 14.2 Å². The van der Waals surface area contributed by atoms with E-state index in [1.165, 1.54) is 5.56 Å². The molecule has 0 radical (unpaired) electrons. The van der Waals surface area contributed by atoms with Gasteiger partial charge in [0, 0.05) is 36.3 Å². The van der Waals surface area contributed by atoms with Gasteiger partial charge in [-0.05, 0) is 32.8 Å². The van der Waals surface area contributed by atoms with E-state index in [2.05, 4.69) is 24.8 Å². The molecule has 0 saturated carbocycles. The highest BCUT2D eigenvalue weighted by atomic mass is 16.5. The minimum atomic E-state index is 0.318. The number of ether oxygens (including phenoxy) is 2. The zero-order valence-corrected chi connectivity index (χ0v) is 12.9. The van der Waals surface area contributed by atoms with Crippen molar-refractivity contribution in [3.05, 3.63) is 23.8 Å². The topological polar surface area (TPSA) is 47.7 Å². The second-order valence-corrected chi connectivity index (χ2v) is 5.66. The SMILES string of the molecule is COc1ccc(C(C)N2CCC(N)CC2C)c(OC)c1. The molecule has 0 aliphatic carbocycles. The van der Waals surface area contributed by atoms with E-state index in [0.29, 0.717) is 18.1 Å². The number of nitrogens with two attached hydrogens (primary N) is 1. The first-order valence-corrected chi connectivity index (χ1v) is 7.30. The predicted octanol–water partition coefficient (Wildman–Crippen LogP) is 2.58. The molecular formula is C16H26N2O2. The molecule has 4 nitrogen and oxygen atoms in total. The summed E-state index contributed by atoms with van der Waals surface area (Å²) in [5.41, 5.74) is 7.26. The molecule has 0 amide bonds. The van der Waals surface area contributed by atoms with E-state index < -0.39 is 0 Å². The van der Waals surface area contributed by atoms with Gasteiger partial charge in [-0.3, -0.25) is 4.90 Å². The zero-order chi connectivity index (χ0) is 14.7. The van der Waals surface area contributed by atoms with Gasteiger partial charge in [0.15, 0.2) is 0 Å². The zero-order valence-electron chi connectivity index (χ0n) is 12.9. The largest absolute Gasteiger partial charge is 0.497 e. The third-order valence-corrected chi connectivity index (χ3v) is 4.36. The van der Waals surface area contributed by atoms with E-state index in [9.17, 15) is 0 Å². The van der Waals surface area contributed by atoms with E-state index in [1.54, 1.807) is 14.2 Å². The van der Waals surface area contributed by atoms with Crippen LogP contribution in [0.4, 0.5) is 0 Å². The first kappa shape index (κ1) is 15.1. The Balaban J connectivity index is 2.22. The smallest absolute Gasteiger partial charge is 0.127 e. The number of nitrogens with zero attached hydrogens (tertiary/aromatic N) is 1. The highest BCUT2D eigenvalue weighted by Gasteiger charge is 2.28. The molecule has 1 aromatic rings. The summed E-state index contributed by atoms with van der Waals surface area (Å²) in [5, 5.41) is 0. The Morgan fingerprint density at radius 3 is 2.65 bits per heavy atom. The van der Waals surface area contributed by atoms with Crippen molar-refractivity contribution >= 4 is 0 Å². The van der Waals surface area contributed by atoms with Crippen LogP contribution < -0.4 is 15.2 Å². The summed E-state index contributed by atoms with van der Waals surface area (Å²) >= 11 is 0. The maximum Gasteiger partial charge on any atom is 0.127 e. The average molecular weight is 278 g/mol. The van der Waals surface area contributed by atoms with Crippen molar-refractivity contribution in [3.63, 3.8) is 0 Å². The second kappa shape index (κ2) is 6.46. The molecule has 20 heavy (non-hydrogen) atoms. The summed E-state index contributed by atoms with van der Waals surface area (Å²) in [6.45, 7) is 5.53. The Kier molecular flexibility index (Phi) is 4.89. The molecule has 1 heterocycles. The van der Waals surface area contributed by atoms with E-state index in [1.807, 2.05) is 12.1 Å². The normalized spacial score (nSPS) is 25.2. The van der Waals surface area contributed by atoms with Gasteiger partial charge in [-0.1, -0.05) is 6.07 Å². The van der Waals surface area contributed by atoms with E-state index >= 15 is 0 Å². The number of piperidine rings is 1. The van der Waals surface area contributed by atoms with Crippen molar-refractivity contribution in [3.8, 4) is 11.5 Å². The summed E-state index contributed by atoms with van der Waals surface area (Å²) in [6, 6.07) is 7.20. The molecular weight excluding hydrogens is 252 g/mol. The molecule has 2 N–H and O–H groups in total. The molecule has 0 bridgehead atoms. The molecule has 0 aromatic heterocycles. The molecule has 1 aliphatic heterocycles. The van der Waals surface area contributed by atoms with Crippen LogP contribution in [-0.2, 0) is 0 Å². The van der Waals surface area contributed by atoms with Crippen LogP contribution in [0, 0.1) is 0 Å². The first-order valence-electron chi connectivity index (χ1n) is 7.30. The van der Waals surface area contributed by atoms with Crippen LogP contribution in [0.15, 0.2) is 18.2 Å². The van der Waals surface area contributed by atoms with Crippen molar-refractivity contribution in [2.45, 2.75) is 44.8 Å². The molecule has 3 unspecified atom stereocenters. The highest BCUT2D eigenvalue weighted by Crippen LogP contribution is 2.35. The van der Waals surface area contributed by atoms with Crippen molar-refractivity contribution in [1.82, 2.24) is 4.90 Å². The minimum Gasteiger partial charge on any atom is -0.497 e. The van der Waals surface area contributed by atoms with Crippen LogP contribution in [0.5, 0.6) is 11.5 Å². The molecule has 1 aromatic carbocycles. The van der Waals surface area contributed by atoms with Crippen LogP contribution in [0.25, 0.3) is 0 Å². The lowest BCUT2D eigenvalue weighted by Crippen LogP contribution is -2.46. The van der Waals surface area contributed by atoms with Crippen LogP contribution in [0.3, 0.4) is 0 Å². The Morgan fingerprint density at radius 1 is 1.30 bits per heavy atom. The lowest BCUT2D eigenvalue weighted by molar-refractivity contribution is 0.103. The maximum absolute atomic E-state index is 6.05. The molecule has 2 rings (SSSR count). The van der Waals surface area contributed by atoms with Crippen molar-refractivity contribution in [2.75, 3.05) is 20.8 Å². The fourth-order valence-corrected chi connectivity index (χ4v) is 3.14. The monoisotopic (exact) mass is 278 g/mol. The minimum absolute atomic E-state index is 0.318. The molecule has 0 spiro atoms. The third-order valence-electron chi connectivity index (χ3n) is 4.36. The fraction of sp³-hybridized carbons (Fsp3) is 0.625. The van der Waals surface area contributed by atoms with E-state index in [-0.39, 0.29) is 0 Å². The number of rotatable bonds is 4. The van der Waals surface area contributed by atoms with Gasteiger partial charge in [0.2, 0.25) is 0 Å². The first-order chi connectivity index (χ1) is 9.56. The Bertz CT molecular complexity index is 450. The third kappa shape index (κ3) is 3.07. The average Bonchev–Trinajstić information content (AvgIpc) is 2.46. The van der Waals surface area contributed by atoms with Gasteiger partial charge >= 0.3 is 0 Å². The Morgan fingerprint density at radius 2 is 2.05 bits per heavy atom. The number of hydrogen-bond donors (Lipinski definition) is 1. The van der Waals surface area contributed by atoms with E-state index in [4.69, 9.17) is 15.2 Å². The number of methoxy groups -OCH3 is 2. The molecule has 1 fully saturated rings. The Labute approximate surface area is 121 Å². The summed E-state index contributed by atoms with van der Waals surface area (Å²) in [6.07, 6.45) is 2.12. The predicted molar refractivity (Wildman–Crippen MR) is 81.3 cm³/mol. The number of benzene rings is 1. The maximum atomic E-state index is 6.05. The Hall–Kier alpha value is -1.26. The van der Waals surface area contributed by atoms with Crippen LogP contribution >= 0.6 is 0 Å². The summed E-state index contributed by atoms with van der Waals surface area (Å²) < 4.78 is 10.8. The van der Waals surface area contributed by atoms with Crippen LogP contribution in [0.1, 0.15) is 38.3 Å². The van der Waals surface area contributed by atoms with Gasteiger partial charge < -0.3 is 15.2 Å². The molecule has 1 saturated heterocycles. The molecule has 112 valence electrons. The summed E-state index contributed by atoms with van der Waals surface area (Å²) in [5.74, 6) is 1.71. The lowest BCUT2D eigenvalue weighted by atomic mass is 9.95. The van der Waals surface area contributed by atoms with Gasteiger partial charge in [-0.15, -0.1) is 0 Å². The quantitative estimate of drug-likeness (QED) is 0.919. The fourth-order valence-electron chi connectivity index (χ4n) is 3.14. The highest BCUT2D eigenvalue weighted by molar-refractivity contribution is 5.42. The summed E-state index contributed by atoms with van der Waals surface area (Å²) in [7, 11) is 3.38. The van der Waals surface area contributed by atoms with Gasteiger partial charge in [-0.2, -0.15) is 0 Å². The summed E-state index contributed by atoms with van der Waals surface area (Å²) in [4.78, 5) is 2.51. The van der Waals surface area contributed by atoms with Gasteiger partial charge in [-0.25, -0.2) is 0 Å². The lowest BCUT2D eigenvalue weighted by Gasteiger charge is -2.40. The standard InChI is InChI=1S/C16H26N2O2/c1-11-9-13(17)7-8-18(11)12(2)15-6-5-14(19-3)10-16(15)20-4/h5-6,10-13H,7-9,17H2,1-4H3. The van der Waals surface area contributed by atoms with Gasteiger partial charge in [0.25, 0.3) is 0 Å². The second-order valence-electron chi connectivity index (χ2n) is 5.66. The van der Waals surface area contributed by atoms with Gasteiger partial charge in [0.1, 0.15) is 11.5 Å². The van der Waals surface area contributed by atoms with Crippen LogP contribution in [-0.4, -0.2) is 37.7 Å². The van der Waals surface area contributed by atoms with Crippen LogP contribution in [0.2, 0.25) is 0 Å². The van der Waals surface area contributed by atoms with Crippen molar-refractivity contribution in [2.24, 2.45) is 5.73 Å². The number of likely N-dealkylation sites (tertiary alicyclic amines) is 1. The molecule has 1 aliphatic rings. The van der Waals surface area contributed by atoms with E-state index in [0.717, 1.165) is 30.9 Å². The molecule has 4 heteroatoms. The number of hydrogen-bond acceptors (Lipinski definition) is 4. The molecule has 3 atom stereocenters.